The van der Waals surface area contributed by atoms with Crippen molar-refractivity contribution in [2.45, 2.75) is 64.7 Å². The average molecular weight is 506 g/mol. The van der Waals surface area contributed by atoms with E-state index in [0.29, 0.717) is 12.1 Å². The van der Waals surface area contributed by atoms with Gasteiger partial charge in [-0.15, -0.1) is 0 Å². The Hall–Kier alpha value is -3.21. The van der Waals surface area contributed by atoms with Gasteiger partial charge in [-0.05, 0) is 30.0 Å². The highest BCUT2D eigenvalue weighted by molar-refractivity contribution is 5.93. The zero-order valence-corrected chi connectivity index (χ0v) is 21.2. The molecule has 2 N–H and O–H groups in total. The molecule has 0 radical (unpaired) electrons. The number of halogens is 1. The zero-order valence-electron chi connectivity index (χ0n) is 21.2. The standard InChI is InChI=1S/C25H36FN5O5/c1-4-6-7-17(5-2)14-29-15-21-30(20(24(29)35)12-23(33)34)22(32)16-28(3)31(21)25(36)27-13-18-8-10-19(26)11-9-18/h8-11,17,20-21H,4-7,12-16H2,1-3H3,(H,27,36)(H,33,34)/t17?,20-,21-/m0/s1. The van der Waals surface area contributed by atoms with E-state index >= 15 is 0 Å². The summed E-state index contributed by atoms with van der Waals surface area (Å²) in [7, 11) is 1.61. The van der Waals surface area contributed by atoms with E-state index in [1.165, 1.54) is 27.1 Å². The summed E-state index contributed by atoms with van der Waals surface area (Å²) in [6, 6.07) is 4.06. The van der Waals surface area contributed by atoms with Crippen molar-refractivity contribution in [3.8, 4) is 0 Å². The third kappa shape index (κ3) is 6.31. The van der Waals surface area contributed by atoms with Crippen LogP contribution in [0.2, 0.25) is 0 Å². The van der Waals surface area contributed by atoms with E-state index in [9.17, 15) is 28.7 Å². The molecule has 1 unspecified atom stereocenters. The van der Waals surface area contributed by atoms with Gasteiger partial charge in [-0.1, -0.05) is 45.2 Å². The Morgan fingerprint density at radius 1 is 1.19 bits per heavy atom. The minimum absolute atomic E-state index is 0.0949. The number of fused-ring (bicyclic) bond motifs is 1. The first-order chi connectivity index (χ1) is 17.2. The lowest BCUT2D eigenvalue weighted by atomic mass is 9.96. The molecule has 2 heterocycles. The molecule has 11 heteroatoms. The number of unbranched alkanes of at least 4 members (excludes halogenated alkanes) is 1. The van der Waals surface area contributed by atoms with Crippen LogP contribution in [0.25, 0.3) is 0 Å². The van der Waals surface area contributed by atoms with Crippen LogP contribution >= 0.6 is 0 Å². The molecule has 0 saturated carbocycles. The lowest BCUT2D eigenvalue weighted by Crippen LogP contribution is -2.76. The molecule has 0 spiro atoms. The Morgan fingerprint density at radius 2 is 1.89 bits per heavy atom. The summed E-state index contributed by atoms with van der Waals surface area (Å²) in [6.07, 6.45) is 2.49. The molecule has 0 aliphatic carbocycles. The third-order valence-corrected chi connectivity index (χ3v) is 6.89. The molecule has 198 valence electrons. The smallest absolute Gasteiger partial charge is 0.334 e. The summed E-state index contributed by atoms with van der Waals surface area (Å²) in [4.78, 5) is 54.2. The van der Waals surface area contributed by atoms with Crippen molar-refractivity contribution in [3.05, 3.63) is 35.6 Å². The topological polar surface area (TPSA) is 114 Å². The van der Waals surface area contributed by atoms with Crippen molar-refractivity contribution in [3.63, 3.8) is 0 Å². The number of likely N-dealkylation sites (N-methyl/N-ethyl adjacent to an activating group) is 1. The van der Waals surface area contributed by atoms with E-state index in [1.807, 2.05) is 0 Å². The molecule has 2 saturated heterocycles. The molecule has 1 aromatic carbocycles. The minimum atomic E-state index is -1.19. The molecule has 2 aliphatic rings. The Morgan fingerprint density at radius 3 is 2.50 bits per heavy atom. The lowest BCUT2D eigenvalue weighted by Gasteiger charge is -2.54. The van der Waals surface area contributed by atoms with Gasteiger partial charge in [0.05, 0.1) is 19.5 Å². The Balaban J connectivity index is 1.85. The zero-order chi connectivity index (χ0) is 26.4. The number of hydrogen-bond donors (Lipinski definition) is 2. The minimum Gasteiger partial charge on any atom is -0.481 e. The van der Waals surface area contributed by atoms with Crippen molar-refractivity contribution < 1.29 is 28.7 Å². The van der Waals surface area contributed by atoms with Crippen LogP contribution in [0.15, 0.2) is 24.3 Å². The molecular formula is C25H36FN5O5. The summed E-state index contributed by atoms with van der Waals surface area (Å²) in [5.41, 5.74) is 0.697. The summed E-state index contributed by atoms with van der Waals surface area (Å²) >= 11 is 0. The fourth-order valence-electron chi connectivity index (χ4n) is 4.92. The van der Waals surface area contributed by atoms with Gasteiger partial charge in [-0.3, -0.25) is 14.4 Å². The highest BCUT2D eigenvalue weighted by Gasteiger charge is 2.51. The summed E-state index contributed by atoms with van der Waals surface area (Å²) in [5.74, 6) is -2.12. The Labute approximate surface area is 211 Å². The molecule has 0 bridgehead atoms. The molecular weight excluding hydrogens is 469 g/mol. The largest absolute Gasteiger partial charge is 0.481 e. The predicted molar refractivity (Wildman–Crippen MR) is 130 cm³/mol. The predicted octanol–water partition coefficient (Wildman–Crippen LogP) is 2.25. The maximum Gasteiger partial charge on any atom is 0.334 e. The van der Waals surface area contributed by atoms with E-state index in [1.54, 1.807) is 24.1 Å². The van der Waals surface area contributed by atoms with Crippen LogP contribution in [-0.4, -0.2) is 87.6 Å². The maximum absolute atomic E-state index is 13.4. The van der Waals surface area contributed by atoms with Gasteiger partial charge in [0.1, 0.15) is 18.0 Å². The molecule has 3 atom stereocenters. The van der Waals surface area contributed by atoms with Gasteiger partial charge in [-0.2, -0.15) is 0 Å². The number of carbonyl (C=O) groups excluding carboxylic acids is 3. The number of piperazine rings is 1. The number of nitrogens with one attached hydrogen (secondary N) is 1. The summed E-state index contributed by atoms with van der Waals surface area (Å²) < 4.78 is 13.2. The average Bonchev–Trinajstić information content (AvgIpc) is 2.83. The normalized spacial score (nSPS) is 21.4. The second-order valence-electron chi connectivity index (χ2n) is 9.50. The van der Waals surface area contributed by atoms with Crippen LogP contribution in [0, 0.1) is 11.7 Å². The third-order valence-electron chi connectivity index (χ3n) is 6.89. The molecule has 0 aromatic heterocycles. The maximum atomic E-state index is 13.4. The molecule has 2 aliphatic heterocycles. The van der Waals surface area contributed by atoms with Crippen LogP contribution < -0.4 is 5.32 Å². The highest BCUT2D eigenvalue weighted by Crippen LogP contribution is 2.28. The van der Waals surface area contributed by atoms with Gasteiger partial charge >= 0.3 is 12.0 Å². The number of aliphatic carboxylic acids is 1. The molecule has 36 heavy (non-hydrogen) atoms. The first-order valence-electron chi connectivity index (χ1n) is 12.5. The summed E-state index contributed by atoms with van der Waals surface area (Å²) in [6.45, 7) is 4.67. The van der Waals surface area contributed by atoms with Crippen LogP contribution in [0.4, 0.5) is 9.18 Å². The van der Waals surface area contributed by atoms with Crippen molar-refractivity contribution in [1.82, 2.24) is 25.1 Å². The van der Waals surface area contributed by atoms with E-state index in [-0.39, 0.29) is 31.4 Å². The van der Waals surface area contributed by atoms with Gasteiger partial charge in [0, 0.05) is 20.1 Å². The van der Waals surface area contributed by atoms with Gasteiger partial charge in [0.15, 0.2) is 0 Å². The first kappa shape index (κ1) is 27.4. The van der Waals surface area contributed by atoms with Crippen LogP contribution in [0.5, 0.6) is 0 Å². The van der Waals surface area contributed by atoms with Crippen molar-refractivity contribution in [2.24, 2.45) is 5.92 Å². The summed E-state index contributed by atoms with van der Waals surface area (Å²) in [5, 5.41) is 15.2. The van der Waals surface area contributed by atoms with Gasteiger partial charge in [0.2, 0.25) is 11.8 Å². The molecule has 4 amide bonds. The molecule has 3 rings (SSSR count). The molecule has 2 fully saturated rings. The Bertz CT molecular complexity index is 959. The second-order valence-corrected chi connectivity index (χ2v) is 9.50. The number of rotatable bonds is 10. The van der Waals surface area contributed by atoms with Gasteiger partial charge in [0.25, 0.3) is 0 Å². The van der Waals surface area contributed by atoms with E-state index in [0.717, 1.165) is 25.7 Å². The first-order valence-corrected chi connectivity index (χ1v) is 12.5. The lowest BCUT2D eigenvalue weighted by molar-refractivity contribution is -0.189. The monoisotopic (exact) mass is 505 g/mol. The fourth-order valence-corrected chi connectivity index (χ4v) is 4.92. The quantitative estimate of drug-likeness (QED) is 0.504. The number of carboxylic acid groups (broad SMARTS) is 1. The van der Waals surface area contributed by atoms with Crippen molar-refractivity contribution in [1.29, 1.82) is 0 Å². The van der Waals surface area contributed by atoms with E-state index in [4.69, 9.17) is 0 Å². The fraction of sp³-hybridized carbons (Fsp3) is 0.600. The Kier molecular flexibility index (Phi) is 9.25. The van der Waals surface area contributed by atoms with Gasteiger partial charge < -0.3 is 20.2 Å². The van der Waals surface area contributed by atoms with Crippen LogP contribution in [0.1, 0.15) is 51.5 Å². The molecule has 1 aromatic rings. The second kappa shape index (κ2) is 12.2. The SMILES string of the molecule is CCCCC(CC)CN1C[C@H]2N(C(=O)CN(C)N2C(=O)NCc2ccc(F)cc2)[C@@H](CC(=O)O)C1=O. The van der Waals surface area contributed by atoms with Crippen molar-refractivity contribution in [2.75, 3.05) is 26.7 Å². The van der Waals surface area contributed by atoms with E-state index in [2.05, 4.69) is 19.2 Å². The molecule has 10 nitrogen and oxygen atoms in total. The van der Waals surface area contributed by atoms with Crippen molar-refractivity contribution >= 4 is 23.8 Å². The number of hydrazine groups is 1. The van der Waals surface area contributed by atoms with Gasteiger partial charge in [-0.25, -0.2) is 19.2 Å². The number of carbonyl (C=O) groups is 4. The number of hydrogen-bond acceptors (Lipinski definition) is 5. The number of carboxylic acids is 1. The number of benzene rings is 1. The van der Waals surface area contributed by atoms with E-state index < -0.39 is 42.4 Å². The number of nitrogens with zero attached hydrogens (tertiary/aromatic N) is 4. The van der Waals surface area contributed by atoms with Crippen LogP contribution in [-0.2, 0) is 20.9 Å². The van der Waals surface area contributed by atoms with Crippen LogP contribution in [0.3, 0.4) is 0 Å². The number of urea groups is 1. The highest BCUT2D eigenvalue weighted by atomic mass is 19.1. The number of amides is 4.